The molecule has 10 heteroatoms. The summed E-state index contributed by atoms with van der Waals surface area (Å²) in [4.78, 5) is 24.8. The Labute approximate surface area is 217 Å². The molecule has 34 heavy (non-hydrogen) atoms. The van der Waals surface area contributed by atoms with Gasteiger partial charge in [0.15, 0.2) is 17.1 Å². The second-order valence-electron chi connectivity index (χ2n) is 7.73. The normalized spacial score (nSPS) is 11.7. The first-order valence-corrected chi connectivity index (χ1v) is 12.9. The van der Waals surface area contributed by atoms with Crippen LogP contribution >= 0.6 is 34.4 Å². The van der Waals surface area contributed by atoms with E-state index in [1.54, 1.807) is 18.5 Å². The van der Waals surface area contributed by atoms with Crippen LogP contribution in [0, 0.1) is 10.5 Å². The third-order valence-corrected chi connectivity index (χ3v) is 6.85. The summed E-state index contributed by atoms with van der Waals surface area (Å²) in [5.74, 6) is 1.07. The molecule has 0 spiro atoms. The summed E-state index contributed by atoms with van der Waals surface area (Å²) in [5.41, 5.74) is 3.02. The van der Waals surface area contributed by atoms with E-state index in [9.17, 15) is 9.59 Å². The number of hydrogen-bond acceptors (Lipinski definition) is 6. The standard InChI is InChI=1S/C24H28IN5O3S/c1-5-17-6-9-19(10-7-17)33-16(3)23(32)26-13-21-28-29-24(30(21)4)34-14-22(31)27-20-11-8-18(25)12-15(20)2/h6-12,16H,5,13-14H2,1-4H3,(H,26,32)(H,27,31)/t16-/m0/s1. The number of thioether (sulfide) groups is 1. The van der Waals surface area contributed by atoms with Crippen LogP contribution < -0.4 is 15.4 Å². The van der Waals surface area contributed by atoms with Crippen molar-refractivity contribution < 1.29 is 14.3 Å². The molecule has 3 aromatic rings. The minimum Gasteiger partial charge on any atom is -0.481 e. The van der Waals surface area contributed by atoms with Crippen molar-refractivity contribution >= 4 is 51.9 Å². The molecule has 0 aliphatic rings. The molecule has 0 unspecified atom stereocenters. The number of aryl methyl sites for hydroxylation is 2. The van der Waals surface area contributed by atoms with E-state index < -0.39 is 6.10 Å². The Morgan fingerprint density at radius 3 is 2.59 bits per heavy atom. The molecule has 3 rings (SSSR count). The summed E-state index contributed by atoms with van der Waals surface area (Å²) < 4.78 is 8.61. The number of nitrogens with one attached hydrogen (secondary N) is 2. The molecule has 8 nitrogen and oxygen atoms in total. The summed E-state index contributed by atoms with van der Waals surface area (Å²) >= 11 is 3.53. The summed E-state index contributed by atoms with van der Waals surface area (Å²) in [6.45, 7) is 5.96. The first-order valence-electron chi connectivity index (χ1n) is 10.9. The van der Waals surface area contributed by atoms with Crippen molar-refractivity contribution in [2.75, 3.05) is 11.1 Å². The van der Waals surface area contributed by atoms with E-state index >= 15 is 0 Å². The number of benzene rings is 2. The Balaban J connectivity index is 1.47. The molecular formula is C24H28IN5O3S. The quantitative estimate of drug-likeness (QED) is 0.272. The summed E-state index contributed by atoms with van der Waals surface area (Å²) in [7, 11) is 1.81. The van der Waals surface area contributed by atoms with Gasteiger partial charge in [0.1, 0.15) is 5.75 Å². The van der Waals surface area contributed by atoms with Crippen LogP contribution in [0.3, 0.4) is 0 Å². The molecule has 180 valence electrons. The highest BCUT2D eigenvalue weighted by Gasteiger charge is 2.17. The monoisotopic (exact) mass is 593 g/mol. The van der Waals surface area contributed by atoms with Gasteiger partial charge in [0.2, 0.25) is 5.91 Å². The maximum Gasteiger partial charge on any atom is 0.261 e. The van der Waals surface area contributed by atoms with Gasteiger partial charge in [-0.2, -0.15) is 0 Å². The van der Waals surface area contributed by atoms with Crippen LogP contribution in [0.4, 0.5) is 5.69 Å². The molecule has 2 amide bonds. The lowest BCUT2D eigenvalue weighted by atomic mass is 10.2. The molecular weight excluding hydrogens is 565 g/mol. The number of aromatic nitrogens is 3. The number of nitrogens with zero attached hydrogens (tertiary/aromatic N) is 3. The lowest BCUT2D eigenvalue weighted by molar-refractivity contribution is -0.127. The summed E-state index contributed by atoms with van der Waals surface area (Å²) in [5, 5.41) is 14.6. The average Bonchev–Trinajstić information content (AvgIpc) is 3.17. The molecule has 0 saturated heterocycles. The Morgan fingerprint density at radius 2 is 1.91 bits per heavy atom. The van der Waals surface area contributed by atoms with Crippen LogP contribution in [0.15, 0.2) is 47.6 Å². The second kappa shape index (κ2) is 12.2. The molecule has 0 aliphatic carbocycles. The Hall–Kier alpha value is -2.60. The molecule has 0 aliphatic heterocycles. The third kappa shape index (κ3) is 7.20. The van der Waals surface area contributed by atoms with E-state index in [4.69, 9.17) is 4.74 Å². The van der Waals surface area contributed by atoms with Crippen molar-refractivity contribution in [3.05, 3.63) is 63.0 Å². The lowest BCUT2D eigenvalue weighted by Gasteiger charge is -2.15. The van der Waals surface area contributed by atoms with Crippen LogP contribution in [0.2, 0.25) is 0 Å². The summed E-state index contributed by atoms with van der Waals surface area (Å²) in [6, 6.07) is 13.6. The average molecular weight is 593 g/mol. The largest absolute Gasteiger partial charge is 0.481 e. The van der Waals surface area contributed by atoms with Crippen molar-refractivity contribution in [3.63, 3.8) is 0 Å². The van der Waals surface area contributed by atoms with E-state index in [-0.39, 0.29) is 24.1 Å². The number of carbonyl (C=O) groups excluding carboxylic acids is 2. The van der Waals surface area contributed by atoms with Gasteiger partial charge in [-0.3, -0.25) is 9.59 Å². The van der Waals surface area contributed by atoms with Crippen molar-refractivity contribution in [3.8, 4) is 5.75 Å². The van der Waals surface area contributed by atoms with Crippen molar-refractivity contribution in [2.24, 2.45) is 7.05 Å². The zero-order valence-electron chi connectivity index (χ0n) is 19.6. The smallest absolute Gasteiger partial charge is 0.261 e. The second-order valence-corrected chi connectivity index (χ2v) is 9.92. The van der Waals surface area contributed by atoms with E-state index in [2.05, 4.69) is 50.3 Å². The topological polar surface area (TPSA) is 98.1 Å². The number of anilines is 1. The fraction of sp³-hybridized carbons (Fsp3) is 0.333. The third-order valence-electron chi connectivity index (χ3n) is 5.15. The molecule has 0 fully saturated rings. The SMILES string of the molecule is CCc1ccc(O[C@@H](C)C(=O)NCc2nnc(SCC(=O)Nc3ccc(I)cc3C)n2C)cc1. The minimum atomic E-state index is -0.650. The number of hydrogen-bond donors (Lipinski definition) is 2. The predicted octanol–water partition coefficient (Wildman–Crippen LogP) is 4.11. The maximum absolute atomic E-state index is 12.4. The maximum atomic E-state index is 12.4. The van der Waals surface area contributed by atoms with Crippen molar-refractivity contribution in [1.82, 2.24) is 20.1 Å². The van der Waals surface area contributed by atoms with Gasteiger partial charge in [0.05, 0.1) is 12.3 Å². The van der Waals surface area contributed by atoms with Gasteiger partial charge in [0, 0.05) is 16.3 Å². The zero-order valence-corrected chi connectivity index (χ0v) is 22.6. The highest BCUT2D eigenvalue weighted by atomic mass is 127. The molecule has 0 saturated carbocycles. The van der Waals surface area contributed by atoms with Gasteiger partial charge in [0.25, 0.3) is 5.91 Å². The predicted molar refractivity (Wildman–Crippen MR) is 142 cm³/mol. The number of amides is 2. The Morgan fingerprint density at radius 1 is 1.18 bits per heavy atom. The zero-order chi connectivity index (χ0) is 24.7. The fourth-order valence-corrected chi connectivity index (χ4v) is 4.46. The minimum absolute atomic E-state index is 0.120. The Kier molecular flexibility index (Phi) is 9.34. The van der Waals surface area contributed by atoms with E-state index in [0.29, 0.717) is 16.7 Å². The highest BCUT2D eigenvalue weighted by Crippen LogP contribution is 2.20. The molecule has 2 aromatic carbocycles. The van der Waals surface area contributed by atoms with E-state index in [1.807, 2.05) is 49.4 Å². The van der Waals surface area contributed by atoms with Crippen LogP contribution in [0.1, 0.15) is 30.8 Å². The highest BCUT2D eigenvalue weighted by molar-refractivity contribution is 14.1. The Bertz CT molecular complexity index is 1150. The molecule has 1 atom stereocenters. The summed E-state index contributed by atoms with van der Waals surface area (Å²) in [6.07, 6.45) is 0.300. The molecule has 2 N–H and O–H groups in total. The van der Waals surface area contributed by atoms with Gasteiger partial charge < -0.3 is 19.9 Å². The molecule has 1 aromatic heterocycles. The van der Waals surface area contributed by atoms with E-state index in [1.165, 1.54) is 17.3 Å². The van der Waals surface area contributed by atoms with Crippen molar-refractivity contribution in [1.29, 1.82) is 0 Å². The van der Waals surface area contributed by atoms with Crippen LogP contribution in [-0.4, -0.2) is 38.4 Å². The first kappa shape index (κ1) is 26.0. The number of ether oxygens (including phenoxy) is 1. The van der Waals surface area contributed by atoms with Crippen LogP contribution in [0.5, 0.6) is 5.75 Å². The fourth-order valence-electron chi connectivity index (χ4n) is 3.08. The van der Waals surface area contributed by atoms with E-state index in [0.717, 1.165) is 21.2 Å². The van der Waals surface area contributed by atoms with Gasteiger partial charge >= 0.3 is 0 Å². The van der Waals surface area contributed by atoms with Crippen LogP contribution in [0.25, 0.3) is 0 Å². The van der Waals surface area contributed by atoms with Crippen molar-refractivity contribution in [2.45, 2.75) is 45.0 Å². The number of rotatable bonds is 10. The first-order chi connectivity index (χ1) is 16.3. The number of halogens is 1. The van der Waals surface area contributed by atoms with Gasteiger partial charge in [-0.05, 0) is 84.3 Å². The molecule has 0 radical (unpaired) electrons. The molecule has 0 bridgehead atoms. The van der Waals surface area contributed by atoms with Gasteiger partial charge in [-0.1, -0.05) is 30.8 Å². The number of carbonyl (C=O) groups is 2. The van der Waals surface area contributed by atoms with Crippen LogP contribution in [-0.2, 0) is 29.6 Å². The molecule has 1 heterocycles. The van der Waals surface area contributed by atoms with Gasteiger partial charge in [-0.15, -0.1) is 10.2 Å². The van der Waals surface area contributed by atoms with Gasteiger partial charge in [-0.25, -0.2) is 0 Å². The lowest BCUT2D eigenvalue weighted by Crippen LogP contribution is -2.36.